The van der Waals surface area contributed by atoms with E-state index in [4.69, 9.17) is 17.3 Å². The molecule has 6 nitrogen and oxygen atoms in total. The van der Waals surface area contributed by atoms with Crippen molar-refractivity contribution in [2.45, 2.75) is 6.54 Å². The molecule has 4 aromatic rings. The number of fused-ring (bicyclic) bond motifs is 1. The molecule has 2 N–H and O–H groups in total. The van der Waals surface area contributed by atoms with Gasteiger partial charge in [-0.1, -0.05) is 18.2 Å². The highest BCUT2D eigenvalue weighted by atomic mass is 35.5. The van der Waals surface area contributed by atoms with Crippen LogP contribution >= 0.6 is 11.6 Å². The van der Waals surface area contributed by atoms with Gasteiger partial charge in [0, 0.05) is 5.56 Å². The molecular weight excluding hydrogens is 343 g/mol. The van der Waals surface area contributed by atoms with E-state index in [0.29, 0.717) is 29.0 Å². The number of rotatable bonds is 3. The molecule has 0 radical (unpaired) electrons. The fraction of sp³-hybridized carbons (Fsp3) is 0.0588. The van der Waals surface area contributed by atoms with E-state index in [0.717, 1.165) is 5.69 Å². The Bertz CT molecular complexity index is 1080. The fourth-order valence-electron chi connectivity index (χ4n) is 2.62. The molecule has 124 valence electrons. The maximum Gasteiger partial charge on any atom is 0.226 e. The van der Waals surface area contributed by atoms with E-state index in [-0.39, 0.29) is 16.9 Å². The lowest BCUT2D eigenvalue weighted by Crippen LogP contribution is -2.03. The quantitative estimate of drug-likeness (QED) is 0.571. The number of nitrogens with two attached hydrogens (primary N) is 1. The number of nitrogens with zero attached hydrogens (tertiary/aromatic N) is 5. The zero-order valence-electron chi connectivity index (χ0n) is 12.9. The molecule has 4 rings (SSSR count). The van der Waals surface area contributed by atoms with Gasteiger partial charge in [0.2, 0.25) is 5.28 Å². The lowest BCUT2D eigenvalue weighted by molar-refractivity contribution is 0.630. The van der Waals surface area contributed by atoms with Gasteiger partial charge in [0.1, 0.15) is 11.3 Å². The number of imidazole rings is 1. The van der Waals surface area contributed by atoms with E-state index in [2.05, 4.69) is 19.9 Å². The summed E-state index contributed by atoms with van der Waals surface area (Å²) in [4.78, 5) is 16.8. The minimum absolute atomic E-state index is 0.0554. The van der Waals surface area contributed by atoms with Crippen molar-refractivity contribution in [2.75, 3.05) is 5.73 Å². The number of anilines is 1. The molecule has 0 spiro atoms. The number of halogens is 2. The van der Waals surface area contributed by atoms with Crippen molar-refractivity contribution in [3.8, 4) is 11.3 Å². The van der Waals surface area contributed by atoms with Gasteiger partial charge in [-0.15, -0.1) is 0 Å². The van der Waals surface area contributed by atoms with Gasteiger partial charge in [-0.05, 0) is 35.9 Å². The highest BCUT2D eigenvalue weighted by molar-refractivity contribution is 6.28. The number of benzene rings is 1. The molecule has 0 atom stereocenters. The van der Waals surface area contributed by atoms with Crippen molar-refractivity contribution in [1.82, 2.24) is 24.5 Å². The highest BCUT2D eigenvalue weighted by Gasteiger charge is 2.12. The van der Waals surface area contributed by atoms with Gasteiger partial charge in [-0.25, -0.2) is 9.37 Å². The van der Waals surface area contributed by atoms with Crippen molar-refractivity contribution in [1.29, 1.82) is 0 Å². The zero-order chi connectivity index (χ0) is 17.4. The van der Waals surface area contributed by atoms with Gasteiger partial charge in [-0.2, -0.15) is 9.97 Å². The van der Waals surface area contributed by atoms with Gasteiger partial charge in [-0.3, -0.25) is 4.98 Å². The van der Waals surface area contributed by atoms with Crippen molar-refractivity contribution in [2.24, 2.45) is 0 Å². The molecule has 8 heteroatoms. The Morgan fingerprint density at radius 2 is 1.88 bits per heavy atom. The van der Waals surface area contributed by atoms with E-state index < -0.39 is 0 Å². The van der Waals surface area contributed by atoms with Gasteiger partial charge in [0.25, 0.3) is 0 Å². The van der Waals surface area contributed by atoms with Crippen LogP contribution in [0, 0.1) is 5.82 Å². The molecule has 1 aromatic carbocycles. The first-order valence-corrected chi connectivity index (χ1v) is 7.84. The van der Waals surface area contributed by atoms with Crippen molar-refractivity contribution in [3.05, 3.63) is 65.6 Å². The van der Waals surface area contributed by atoms with Gasteiger partial charge in [0.05, 0.1) is 24.3 Å². The van der Waals surface area contributed by atoms with Crippen LogP contribution in [0.3, 0.4) is 0 Å². The summed E-state index contributed by atoms with van der Waals surface area (Å²) in [7, 11) is 0. The van der Waals surface area contributed by atoms with E-state index in [1.807, 2.05) is 12.1 Å². The molecule has 0 aliphatic heterocycles. The van der Waals surface area contributed by atoms with E-state index in [9.17, 15) is 4.39 Å². The number of nitrogen functional groups attached to an aromatic ring is 1. The summed E-state index contributed by atoms with van der Waals surface area (Å²) < 4.78 is 15.8. The Hall–Kier alpha value is -3.06. The number of hydrogen-bond donors (Lipinski definition) is 1. The average molecular weight is 355 g/mol. The van der Waals surface area contributed by atoms with Crippen LogP contribution in [-0.2, 0) is 6.54 Å². The van der Waals surface area contributed by atoms with E-state index >= 15 is 0 Å². The first-order chi connectivity index (χ1) is 12.1. The lowest BCUT2D eigenvalue weighted by atomic mass is 10.1. The third kappa shape index (κ3) is 2.89. The highest BCUT2D eigenvalue weighted by Crippen LogP contribution is 2.22. The second-order valence-corrected chi connectivity index (χ2v) is 5.75. The zero-order valence-corrected chi connectivity index (χ0v) is 13.7. The third-order valence-corrected chi connectivity index (χ3v) is 3.92. The Kier molecular flexibility index (Phi) is 3.77. The summed E-state index contributed by atoms with van der Waals surface area (Å²) in [6.45, 7) is 0.394. The SMILES string of the molecule is Nc1nc(Cl)nc2c1ncn2Cc1cccc(-c2ccccc2F)n1. The predicted molar refractivity (Wildman–Crippen MR) is 93.5 cm³/mol. The Labute approximate surface area is 147 Å². The monoisotopic (exact) mass is 354 g/mol. The second kappa shape index (κ2) is 6.10. The van der Waals surface area contributed by atoms with Crippen LogP contribution < -0.4 is 5.73 Å². The molecule has 0 saturated carbocycles. The van der Waals surface area contributed by atoms with Crippen molar-refractivity contribution < 1.29 is 4.39 Å². The van der Waals surface area contributed by atoms with Gasteiger partial charge >= 0.3 is 0 Å². The number of aromatic nitrogens is 5. The molecule has 3 aromatic heterocycles. The first-order valence-electron chi connectivity index (χ1n) is 7.46. The number of hydrogen-bond acceptors (Lipinski definition) is 5. The summed E-state index contributed by atoms with van der Waals surface area (Å²) in [5, 5.41) is 0.0554. The molecular formula is C17H12ClFN6. The second-order valence-electron chi connectivity index (χ2n) is 5.42. The van der Waals surface area contributed by atoms with Gasteiger partial charge in [0.15, 0.2) is 11.5 Å². The lowest BCUT2D eigenvalue weighted by Gasteiger charge is -2.07. The fourth-order valence-corrected chi connectivity index (χ4v) is 2.79. The van der Waals surface area contributed by atoms with Crippen LogP contribution in [0.15, 0.2) is 48.8 Å². The Morgan fingerprint density at radius 1 is 1.04 bits per heavy atom. The summed E-state index contributed by atoms with van der Waals surface area (Å²) in [6.07, 6.45) is 1.60. The maximum atomic E-state index is 14.0. The third-order valence-electron chi connectivity index (χ3n) is 3.75. The molecule has 3 heterocycles. The normalized spacial score (nSPS) is 11.1. The van der Waals surface area contributed by atoms with Crippen LogP contribution in [0.25, 0.3) is 22.4 Å². The topological polar surface area (TPSA) is 82.5 Å². The average Bonchev–Trinajstić information content (AvgIpc) is 2.99. The molecule has 25 heavy (non-hydrogen) atoms. The molecule has 0 bridgehead atoms. The summed E-state index contributed by atoms with van der Waals surface area (Å²) in [5.74, 6) is -0.0886. The molecule has 0 aliphatic rings. The summed E-state index contributed by atoms with van der Waals surface area (Å²) >= 11 is 5.88. The molecule has 0 unspecified atom stereocenters. The van der Waals surface area contributed by atoms with Crippen molar-refractivity contribution >= 4 is 28.6 Å². The van der Waals surface area contributed by atoms with Crippen molar-refractivity contribution in [3.63, 3.8) is 0 Å². The summed E-state index contributed by atoms with van der Waals surface area (Å²) in [5.41, 5.74) is 8.56. The van der Waals surface area contributed by atoms with Crippen LogP contribution in [0.5, 0.6) is 0 Å². The minimum Gasteiger partial charge on any atom is -0.382 e. The van der Waals surface area contributed by atoms with Gasteiger partial charge < -0.3 is 10.3 Å². The number of pyridine rings is 1. The van der Waals surface area contributed by atoms with Crippen LogP contribution in [-0.4, -0.2) is 24.5 Å². The van der Waals surface area contributed by atoms with E-state index in [1.165, 1.54) is 6.07 Å². The minimum atomic E-state index is -0.312. The standard InChI is InChI=1S/C17H12ClFN6/c18-17-23-15(20)14-16(24-17)25(9-21-14)8-10-4-3-7-13(22-10)11-5-1-2-6-12(11)19/h1-7,9H,8H2,(H2,20,23,24). The summed E-state index contributed by atoms with van der Waals surface area (Å²) in [6, 6.07) is 12.0. The maximum absolute atomic E-state index is 14.0. The molecule has 0 amide bonds. The smallest absolute Gasteiger partial charge is 0.226 e. The Balaban J connectivity index is 1.73. The van der Waals surface area contributed by atoms with Crippen LogP contribution in [0.4, 0.5) is 10.2 Å². The molecule has 0 fully saturated rings. The Morgan fingerprint density at radius 3 is 2.72 bits per heavy atom. The van der Waals surface area contributed by atoms with Crippen LogP contribution in [0.1, 0.15) is 5.69 Å². The molecule has 0 saturated heterocycles. The van der Waals surface area contributed by atoms with E-state index in [1.54, 1.807) is 35.2 Å². The first kappa shape index (κ1) is 15.5. The predicted octanol–water partition coefficient (Wildman–Crippen LogP) is 3.31. The van der Waals surface area contributed by atoms with Crippen LogP contribution in [0.2, 0.25) is 5.28 Å². The molecule has 0 aliphatic carbocycles. The largest absolute Gasteiger partial charge is 0.382 e.